The maximum absolute atomic E-state index is 12.5. The van der Waals surface area contributed by atoms with Crippen molar-refractivity contribution in [2.24, 2.45) is 0 Å². The second-order valence-electron chi connectivity index (χ2n) is 5.82. The van der Waals surface area contributed by atoms with Gasteiger partial charge in [0.2, 0.25) is 0 Å². The SMILES string of the molecule is Cc1noc(C)c1NC(=O)N(C)[C@H](C)c1ccc2c(c1)OCCO2. The van der Waals surface area contributed by atoms with Gasteiger partial charge < -0.3 is 24.2 Å². The third-order valence-corrected chi connectivity index (χ3v) is 4.22. The Hall–Kier alpha value is -2.70. The fourth-order valence-electron chi connectivity index (χ4n) is 2.58. The lowest BCUT2D eigenvalue weighted by Gasteiger charge is -2.27. The Labute approximate surface area is 140 Å². The van der Waals surface area contributed by atoms with Crippen LogP contribution in [0.1, 0.15) is 30.0 Å². The Balaban J connectivity index is 1.74. The fraction of sp³-hybridized carbons (Fsp3) is 0.412. The summed E-state index contributed by atoms with van der Waals surface area (Å²) < 4.78 is 16.2. The molecule has 0 saturated carbocycles. The van der Waals surface area contributed by atoms with Gasteiger partial charge >= 0.3 is 6.03 Å². The third kappa shape index (κ3) is 3.02. The zero-order valence-electron chi connectivity index (χ0n) is 14.3. The first-order valence-electron chi connectivity index (χ1n) is 7.83. The Kier molecular flexibility index (Phi) is 4.33. The number of nitrogens with zero attached hydrogens (tertiary/aromatic N) is 2. The average molecular weight is 331 g/mol. The van der Waals surface area contributed by atoms with Gasteiger partial charge in [0.05, 0.1) is 6.04 Å². The van der Waals surface area contributed by atoms with E-state index in [2.05, 4.69) is 10.5 Å². The molecule has 2 aromatic rings. The minimum Gasteiger partial charge on any atom is -0.486 e. The molecule has 0 spiro atoms. The molecule has 128 valence electrons. The van der Waals surface area contributed by atoms with Crippen LogP contribution in [0.15, 0.2) is 22.7 Å². The highest BCUT2D eigenvalue weighted by Crippen LogP contribution is 2.34. The maximum atomic E-state index is 12.5. The van der Waals surface area contributed by atoms with E-state index in [1.54, 1.807) is 25.8 Å². The number of carbonyl (C=O) groups is 1. The lowest BCUT2D eigenvalue weighted by atomic mass is 10.1. The number of nitrogens with one attached hydrogen (secondary N) is 1. The lowest BCUT2D eigenvalue weighted by molar-refractivity contribution is 0.170. The van der Waals surface area contributed by atoms with Crippen LogP contribution in [0.3, 0.4) is 0 Å². The largest absolute Gasteiger partial charge is 0.486 e. The van der Waals surface area contributed by atoms with Crippen molar-refractivity contribution in [3.8, 4) is 11.5 Å². The number of amides is 2. The van der Waals surface area contributed by atoms with Gasteiger partial charge in [0, 0.05) is 7.05 Å². The van der Waals surface area contributed by atoms with E-state index in [4.69, 9.17) is 14.0 Å². The molecule has 1 aromatic carbocycles. The maximum Gasteiger partial charge on any atom is 0.322 e. The van der Waals surface area contributed by atoms with Gasteiger partial charge in [-0.3, -0.25) is 0 Å². The topological polar surface area (TPSA) is 76.8 Å². The number of carbonyl (C=O) groups excluding carboxylic acids is 1. The number of ether oxygens (including phenoxy) is 2. The van der Waals surface area contributed by atoms with Crippen LogP contribution in [-0.2, 0) is 0 Å². The molecule has 1 atom stereocenters. The summed E-state index contributed by atoms with van der Waals surface area (Å²) >= 11 is 0. The number of urea groups is 1. The van der Waals surface area contributed by atoms with Crippen molar-refractivity contribution in [2.75, 3.05) is 25.6 Å². The van der Waals surface area contributed by atoms with E-state index < -0.39 is 0 Å². The van der Waals surface area contributed by atoms with E-state index in [-0.39, 0.29) is 12.1 Å². The van der Waals surface area contributed by atoms with Crippen LogP contribution in [0.4, 0.5) is 10.5 Å². The van der Waals surface area contributed by atoms with Gasteiger partial charge in [-0.2, -0.15) is 0 Å². The summed E-state index contributed by atoms with van der Waals surface area (Å²) in [5, 5.41) is 6.69. The van der Waals surface area contributed by atoms with Crippen LogP contribution in [0.5, 0.6) is 11.5 Å². The summed E-state index contributed by atoms with van der Waals surface area (Å²) in [7, 11) is 1.75. The number of rotatable bonds is 3. The first kappa shape index (κ1) is 16.2. The van der Waals surface area contributed by atoms with Gasteiger partial charge in [0.1, 0.15) is 24.6 Å². The molecule has 7 heteroatoms. The third-order valence-electron chi connectivity index (χ3n) is 4.22. The van der Waals surface area contributed by atoms with Crippen molar-refractivity contribution < 1.29 is 18.8 Å². The van der Waals surface area contributed by atoms with E-state index in [1.807, 2.05) is 25.1 Å². The molecule has 0 bridgehead atoms. The first-order chi connectivity index (χ1) is 11.5. The summed E-state index contributed by atoms with van der Waals surface area (Å²) in [6.45, 7) is 6.60. The molecule has 2 heterocycles. The van der Waals surface area contributed by atoms with E-state index >= 15 is 0 Å². The molecule has 1 N–H and O–H groups in total. The van der Waals surface area contributed by atoms with Crippen LogP contribution in [0.25, 0.3) is 0 Å². The minimum atomic E-state index is -0.230. The number of hydrogen-bond acceptors (Lipinski definition) is 5. The summed E-state index contributed by atoms with van der Waals surface area (Å²) in [6.07, 6.45) is 0. The molecule has 7 nitrogen and oxygen atoms in total. The van der Waals surface area contributed by atoms with Crippen molar-refractivity contribution in [3.63, 3.8) is 0 Å². The lowest BCUT2D eigenvalue weighted by Crippen LogP contribution is -2.34. The average Bonchev–Trinajstić information content (AvgIpc) is 2.91. The molecule has 1 aliphatic rings. The highest BCUT2D eigenvalue weighted by Gasteiger charge is 2.22. The van der Waals surface area contributed by atoms with Gasteiger partial charge in [-0.1, -0.05) is 11.2 Å². The summed E-state index contributed by atoms with van der Waals surface area (Å²) in [5.41, 5.74) is 2.23. The molecular weight excluding hydrogens is 310 g/mol. The number of aryl methyl sites for hydroxylation is 2. The molecule has 0 saturated heterocycles. The summed E-state index contributed by atoms with van der Waals surface area (Å²) in [6, 6.07) is 5.37. The number of anilines is 1. The Morgan fingerprint density at radius 3 is 2.62 bits per heavy atom. The molecule has 24 heavy (non-hydrogen) atoms. The highest BCUT2D eigenvalue weighted by atomic mass is 16.6. The Morgan fingerprint density at radius 1 is 1.25 bits per heavy atom. The van der Waals surface area contributed by atoms with Crippen LogP contribution in [0.2, 0.25) is 0 Å². The van der Waals surface area contributed by atoms with Crippen molar-refractivity contribution in [1.82, 2.24) is 10.1 Å². The van der Waals surface area contributed by atoms with Gasteiger partial charge in [-0.15, -0.1) is 0 Å². The van der Waals surface area contributed by atoms with E-state index in [0.717, 1.165) is 11.3 Å². The normalized spacial score (nSPS) is 14.2. The van der Waals surface area contributed by atoms with Gasteiger partial charge in [0.15, 0.2) is 17.3 Å². The Morgan fingerprint density at radius 2 is 1.96 bits per heavy atom. The van der Waals surface area contributed by atoms with Crippen molar-refractivity contribution in [3.05, 3.63) is 35.2 Å². The van der Waals surface area contributed by atoms with E-state index in [1.165, 1.54) is 0 Å². The molecule has 2 amide bonds. The highest BCUT2D eigenvalue weighted by molar-refractivity contribution is 5.90. The number of hydrogen-bond donors (Lipinski definition) is 1. The number of benzene rings is 1. The van der Waals surface area contributed by atoms with Crippen molar-refractivity contribution in [2.45, 2.75) is 26.8 Å². The number of fused-ring (bicyclic) bond motifs is 1. The van der Waals surface area contributed by atoms with Crippen molar-refractivity contribution >= 4 is 11.7 Å². The monoisotopic (exact) mass is 331 g/mol. The zero-order valence-corrected chi connectivity index (χ0v) is 14.3. The molecule has 0 unspecified atom stereocenters. The Bertz CT molecular complexity index is 737. The van der Waals surface area contributed by atoms with Crippen LogP contribution >= 0.6 is 0 Å². The molecule has 0 aliphatic carbocycles. The predicted octanol–water partition coefficient (Wildman–Crippen LogP) is 3.29. The molecule has 0 fully saturated rings. The first-order valence-corrected chi connectivity index (χ1v) is 7.83. The molecule has 3 rings (SSSR count). The van der Waals surface area contributed by atoms with Gasteiger partial charge in [-0.25, -0.2) is 4.79 Å². The standard InChI is InChI=1S/C17H21N3O4/c1-10-16(12(3)24-19-10)18-17(21)20(4)11(2)13-5-6-14-15(9-13)23-8-7-22-14/h5-6,9,11H,7-8H2,1-4H3,(H,18,21)/t11-/m1/s1. The molecular formula is C17H21N3O4. The molecule has 1 aromatic heterocycles. The smallest absolute Gasteiger partial charge is 0.322 e. The number of aromatic nitrogens is 1. The van der Waals surface area contributed by atoms with E-state index in [0.29, 0.717) is 36.1 Å². The minimum absolute atomic E-state index is 0.138. The second-order valence-corrected chi connectivity index (χ2v) is 5.82. The zero-order chi connectivity index (χ0) is 17.3. The summed E-state index contributed by atoms with van der Waals surface area (Å²) in [5.74, 6) is 2.03. The second kappa shape index (κ2) is 6.43. The van der Waals surface area contributed by atoms with Gasteiger partial charge in [-0.05, 0) is 38.5 Å². The van der Waals surface area contributed by atoms with Crippen LogP contribution in [0, 0.1) is 13.8 Å². The van der Waals surface area contributed by atoms with Gasteiger partial charge in [0.25, 0.3) is 0 Å². The predicted molar refractivity (Wildman–Crippen MR) is 88.6 cm³/mol. The van der Waals surface area contributed by atoms with E-state index in [9.17, 15) is 4.79 Å². The van der Waals surface area contributed by atoms with Crippen LogP contribution < -0.4 is 14.8 Å². The fourth-order valence-corrected chi connectivity index (χ4v) is 2.58. The van der Waals surface area contributed by atoms with Crippen molar-refractivity contribution in [1.29, 1.82) is 0 Å². The molecule has 0 radical (unpaired) electrons. The van der Waals surface area contributed by atoms with Crippen LogP contribution in [-0.4, -0.2) is 36.3 Å². The summed E-state index contributed by atoms with van der Waals surface area (Å²) in [4.78, 5) is 14.1. The quantitative estimate of drug-likeness (QED) is 0.934. The molecule has 1 aliphatic heterocycles.